The summed E-state index contributed by atoms with van der Waals surface area (Å²) in [5, 5.41) is 5.01. The number of sulfonamides is 1. The predicted octanol–water partition coefficient (Wildman–Crippen LogP) is 2.64. The number of nitrogens with two attached hydrogens (primary N) is 1. The zero-order chi connectivity index (χ0) is 20.6. The summed E-state index contributed by atoms with van der Waals surface area (Å²) in [6.07, 6.45) is 8.75. The number of aryl methyl sites for hydroxylation is 1. The standard InChI is InChI=1S/C21H35N3O3S/c1-4-24(5-2)28(26,27)20-15-19(14-13-17(20)3)23-21(25)16-22-18-11-9-7-6-8-10-12-18/h13-15,18,22H,4-12,16H2,1-3H3,(H,23,25)/p+1. The molecule has 1 aliphatic rings. The highest BCUT2D eigenvalue weighted by molar-refractivity contribution is 7.89. The van der Waals surface area contributed by atoms with Crippen molar-refractivity contribution in [1.29, 1.82) is 0 Å². The topological polar surface area (TPSA) is 83.1 Å². The molecule has 1 aromatic rings. The van der Waals surface area contributed by atoms with E-state index in [1.807, 2.05) is 13.8 Å². The van der Waals surface area contributed by atoms with Crippen LogP contribution < -0.4 is 10.6 Å². The van der Waals surface area contributed by atoms with Gasteiger partial charge in [0.2, 0.25) is 10.0 Å². The van der Waals surface area contributed by atoms with Gasteiger partial charge in [-0.2, -0.15) is 4.31 Å². The monoisotopic (exact) mass is 410 g/mol. The van der Waals surface area contributed by atoms with E-state index >= 15 is 0 Å². The zero-order valence-electron chi connectivity index (χ0n) is 17.5. The lowest BCUT2D eigenvalue weighted by Crippen LogP contribution is -2.91. The first-order valence-electron chi connectivity index (χ1n) is 10.6. The van der Waals surface area contributed by atoms with Gasteiger partial charge >= 0.3 is 0 Å². The van der Waals surface area contributed by atoms with Crippen molar-refractivity contribution >= 4 is 21.6 Å². The molecule has 0 radical (unpaired) electrons. The molecule has 0 aromatic heterocycles. The fraction of sp³-hybridized carbons (Fsp3) is 0.667. The van der Waals surface area contributed by atoms with E-state index in [1.165, 1.54) is 49.3 Å². The number of carbonyl (C=O) groups excluding carboxylic acids is 1. The second-order valence-electron chi connectivity index (χ2n) is 7.66. The minimum Gasteiger partial charge on any atom is -0.336 e. The van der Waals surface area contributed by atoms with E-state index in [2.05, 4.69) is 10.6 Å². The first-order chi connectivity index (χ1) is 13.4. The van der Waals surface area contributed by atoms with Crippen molar-refractivity contribution in [3.05, 3.63) is 23.8 Å². The summed E-state index contributed by atoms with van der Waals surface area (Å²) in [6.45, 7) is 6.65. The highest BCUT2D eigenvalue weighted by Gasteiger charge is 2.24. The number of benzene rings is 1. The molecule has 1 amide bonds. The average Bonchev–Trinajstić information content (AvgIpc) is 2.63. The number of nitrogens with zero attached hydrogens (tertiary/aromatic N) is 1. The van der Waals surface area contributed by atoms with Gasteiger partial charge in [-0.25, -0.2) is 8.42 Å². The summed E-state index contributed by atoms with van der Waals surface area (Å²) >= 11 is 0. The summed E-state index contributed by atoms with van der Waals surface area (Å²) in [5.41, 5.74) is 1.22. The molecule has 0 aliphatic heterocycles. The molecule has 0 heterocycles. The van der Waals surface area contributed by atoms with E-state index in [4.69, 9.17) is 0 Å². The van der Waals surface area contributed by atoms with Crippen LogP contribution in [0, 0.1) is 6.92 Å². The maximum atomic E-state index is 12.9. The van der Waals surface area contributed by atoms with Gasteiger partial charge < -0.3 is 10.6 Å². The molecule has 158 valence electrons. The Morgan fingerprint density at radius 3 is 2.32 bits per heavy atom. The zero-order valence-corrected chi connectivity index (χ0v) is 18.4. The van der Waals surface area contributed by atoms with Crippen molar-refractivity contribution in [2.24, 2.45) is 0 Å². The van der Waals surface area contributed by atoms with Gasteiger partial charge in [0.15, 0.2) is 6.54 Å². The molecule has 0 bridgehead atoms. The quantitative estimate of drug-likeness (QED) is 0.691. The van der Waals surface area contributed by atoms with Crippen molar-refractivity contribution in [1.82, 2.24) is 4.31 Å². The summed E-state index contributed by atoms with van der Waals surface area (Å²) in [5.74, 6) is -0.0860. The molecule has 1 saturated carbocycles. The molecule has 3 N–H and O–H groups in total. The molecule has 1 aromatic carbocycles. The summed E-state index contributed by atoms with van der Waals surface area (Å²) in [6, 6.07) is 5.62. The normalized spacial score (nSPS) is 16.6. The SMILES string of the molecule is CCN(CC)S(=O)(=O)c1cc(NC(=O)C[NH2+]C2CCCCCCC2)ccc1C. The number of rotatable bonds is 8. The van der Waals surface area contributed by atoms with E-state index < -0.39 is 10.0 Å². The lowest BCUT2D eigenvalue weighted by atomic mass is 9.97. The first kappa shape index (κ1) is 22.8. The summed E-state index contributed by atoms with van der Waals surface area (Å²) in [4.78, 5) is 12.7. The predicted molar refractivity (Wildman–Crippen MR) is 113 cm³/mol. The maximum absolute atomic E-state index is 12.9. The lowest BCUT2D eigenvalue weighted by molar-refractivity contribution is -0.680. The highest BCUT2D eigenvalue weighted by atomic mass is 32.2. The first-order valence-corrected chi connectivity index (χ1v) is 12.1. The Bertz CT molecular complexity index is 737. The van der Waals surface area contributed by atoms with Crippen LogP contribution in [-0.4, -0.2) is 44.3 Å². The van der Waals surface area contributed by atoms with E-state index in [-0.39, 0.29) is 10.8 Å². The van der Waals surface area contributed by atoms with Crippen LogP contribution in [0.15, 0.2) is 23.1 Å². The molecule has 7 heteroatoms. The smallest absolute Gasteiger partial charge is 0.279 e. The number of nitrogens with one attached hydrogen (secondary N) is 1. The van der Waals surface area contributed by atoms with Crippen LogP contribution >= 0.6 is 0 Å². The second-order valence-corrected chi connectivity index (χ2v) is 9.57. The van der Waals surface area contributed by atoms with Crippen LogP contribution in [0.2, 0.25) is 0 Å². The van der Waals surface area contributed by atoms with Crippen LogP contribution in [0.1, 0.15) is 64.4 Å². The highest BCUT2D eigenvalue weighted by Crippen LogP contribution is 2.23. The van der Waals surface area contributed by atoms with E-state index in [9.17, 15) is 13.2 Å². The van der Waals surface area contributed by atoms with Crippen LogP contribution in [0.5, 0.6) is 0 Å². The molecule has 2 rings (SSSR count). The molecule has 0 atom stereocenters. The van der Waals surface area contributed by atoms with Crippen LogP contribution in [-0.2, 0) is 14.8 Å². The van der Waals surface area contributed by atoms with Gasteiger partial charge in [0.05, 0.1) is 10.9 Å². The molecular weight excluding hydrogens is 374 g/mol. The van der Waals surface area contributed by atoms with E-state index in [1.54, 1.807) is 25.1 Å². The molecule has 0 saturated heterocycles. The Kier molecular flexibility index (Phi) is 8.92. The fourth-order valence-corrected chi connectivity index (χ4v) is 5.58. The van der Waals surface area contributed by atoms with Crippen LogP contribution in [0.4, 0.5) is 5.69 Å². The average molecular weight is 411 g/mol. The lowest BCUT2D eigenvalue weighted by Gasteiger charge is -2.20. The van der Waals surface area contributed by atoms with Gasteiger partial charge in [0.25, 0.3) is 5.91 Å². The van der Waals surface area contributed by atoms with Gasteiger partial charge in [-0.1, -0.05) is 39.2 Å². The van der Waals surface area contributed by atoms with Gasteiger partial charge in [-0.3, -0.25) is 4.79 Å². The van der Waals surface area contributed by atoms with E-state index in [0.29, 0.717) is 36.9 Å². The van der Waals surface area contributed by atoms with Crippen LogP contribution in [0.3, 0.4) is 0 Å². The van der Waals surface area contributed by atoms with Crippen LogP contribution in [0.25, 0.3) is 0 Å². The van der Waals surface area contributed by atoms with Crippen molar-refractivity contribution in [2.45, 2.75) is 76.7 Å². The minimum absolute atomic E-state index is 0.0860. The van der Waals surface area contributed by atoms with Crippen molar-refractivity contribution in [3.8, 4) is 0 Å². The number of carbonyl (C=O) groups is 1. The molecule has 1 aliphatic carbocycles. The van der Waals surface area contributed by atoms with Gasteiger partial charge in [-0.05, 0) is 50.3 Å². The molecule has 1 fully saturated rings. The summed E-state index contributed by atoms with van der Waals surface area (Å²) < 4.78 is 27.1. The molecule has 28 heavy (non-hydrogen) atoms. The second kappa shape index (κ2) is 10.9. The van der Waals surface area contributed by atoms with Gasteiger partial charge in [0.1, 0.15) is 0 Å². The van der Waals surface area contributed by atoms with Gasteiger partial charge in [-0.15, -0.1) is 0 Å². The molecular formula is C21H36N3O3S+. The Labute approximate surface area is 170 Å². The maximum Gasteiger partial charge on any atom is 0.279 e. The fourth-order valence-electron chi connectivity index (χ4n) is 3.87. The van der Waals surface area contributed by atoms with Gasteiger partial charge in [0, 0.05) is 18.8 Å². The third-order valence-corrected chi connectivity index (χ3v) is 7.77. The molecule has 6 nitrogen and oxygen atoms in total. The Morgan fingerprint density at radius 1 is 1.11 bits per heavy atom. The number of quaternary nitrogens is 1. The number of anilines is 1. The Hall–Kier alpha value is -1.44. The Morgan fingerprint density at radius 2 is 1.71 bits per heavy atom. The van der Waals surface area contributed by atoms with Crippen molar-refractivity contribution < 1.29 is 18.5 Å². The third-order valence-electron chi connectivity index (χ3n) is 5.58. The van der Waals surface area contributed by atoms with Crippen molar-refractivity contribution in [3.63, 3.8) is 0 Å². The Balaban J connectivity index is 2.01. The van der Waals surface area contributed by atoms with E-state index in [0.717, 1.165) is 0 Å². The summed E-state index contributed by atoms with van der Waals surface area (Å²) in [7, 11) is -3.55. The minimum atomic E-state index is -3.55. The number of amides is 1. The number of hydrogen-bond acceptors (Lipinski definition) is 3. The largest absolute Gasteiger partial charge is 0.336 e. The molecule has 0 unspecified atom stereocenters. The van der Waals surface area contributed by atoms with Crippen molar-refractivity contribution in [2.75, 3.05) is 25.0 Å². The third kappa shape index (κ3) is 6.29. The molecule has 0 spiro atoms. The number of hydrogen-bond donors (Lipinski definition) is 2.